The predicted molar refractivity (Wildman–Crippen MR) is 112 cm³/mol. The van der Waals surface area contributed by atoms with E-state index in [1.807, 2.05) is 0 Å². The molecule has 1 saturated heterocycles. The molecule has 0 aromatic heterocycles. The van der Waals surface area contributed by atoms with E-state index in [1.54, 1.807) is 39.0 Å². The van der Waals surface area contributed by atoms with Crippen molar-refractivity contribution in [2.24, 2.45) is 0 Å². The van der Waals surface area contributed by atoms with E-state index in [0.29, 0.717) is 19.4 Å². The summed E-state index contributed by atoms with van der Waals surface area (Å²) in [5, 5.41) is 12.5. The maximum absolute atomic E-state index is 13.0. The van der Waals surface area contributed by atoms with Gasteiger partial charge in [-0.15, -0.1) is 0 Å². The zero-order chi connectivity index (χ0) is 23.6. The molecule has 2 amide bonds. The minimum atomic E-state index is -1.45. The number of aliphatic carboxylic acids is 1. The van der Waals surface area contributed by atoms with Crippen LogP contribution in [-0.4, -0.2) is 70.2 Å². The van der Waals surface area contributed by atoms with Crippen molar-refractivity contribution in [1.29, 1.82) is 0 Å². The number of esters is 1. The topological polar surface area (TPSA) is 125 Å². The average molecular weight is 445 g/mol. The Bertz CT molecular complexity index is 952. The number of benzene rings is 1. The minimum absolute atomic E-state index is 0.175. The fourth-order valence-corrected chi connectivity index (χ4v) is 3.71. The van der Waals surface area contributed by atoms with Crippen LogP contribution in [0, 0.1) is 0 Å². The maximum Gasteiger partial charge on any atom is 0.410 e. The van der Waals surface area contributed by atoms with Crippen LogP contribution in [0.1, 0.15) is 44.0 Å². The summed E-state index contributed by atoms with van der Waals surface area (Å²) in [5.41, 5.74) is -1.05. The molecule has 172 valence electrons. The molecule has 10 heteroatoms. The summed E-state index contributed by atoms with van der Waals surface area (Å²) < 4.78 is 10.6. The number of carbonyl (C=O) groups is 4. The molecule has 32 heavy (non-hydrogen) atoms. The molecule has 0 bridgehead atoms. The number of rotatable bonds is 4. The first-order valence-electron chi connectivity index (χ1n) is 10.3. The Kier molecular flexibility index (Phi) is 6.42. The van der Waals surface area contributed by atoms with Crippen LogP contribution >= 0.6 is 0 Å². The highest BCUT2D eigenvalue weighted by Gasteiger charge is 2.45. The van der Waals surface area contributed by atoms with Crippen molar-refractivity contribution in [3.05, 3.63) is 47.4 Å². The molecule has 2 aliphatic heterocycles. The van der Waals surface area contributed by atoms with E-state index in [9.17, 15) is 24.3 Å². The van der Waals surface area contributed by atoms with Gasteiger partial charge in [0.15, 0.2) is 5.70 Å². The standard InChI is InChI=1S/C22H27N3O7/c1-22(2,3)32-21(30)25-12-8-11-14(25)17-23-15(19(27)28)16(18(26)24(17)4)31-20(29)13-9-6-5-7-10-13/h5-7,9-10,14,17,23H,8,11-12H2,1-4H3,(H,27,28). The first-order chi connectivity index (χ1) is 15.0. The molecule has 0 radical (unpaired) electrons. The van der Waals surface area contributed by atoms with E-state index in [1.165, 1.54) is 29.0 Å². The average Bonchev–Trinajstić information content (AvgIpc) is 3.20. The number of hydrogen-bond donors (Lipinski definition) is 2. The van der Waals surface area contributed by atoms with Crippen LogP contribution in [0.4, 0.5) is 4.79 Å². The van der Waals surface area contributed by atoms with Crippen LogP contribution in [0.5, 0.6) is 0 Å². The van der Waals surface area contributed by atoms with Gasteiger partial charge in [0, 0.05) is 13.6 Å². The molecule has 1 aromatic rings. The number of hydrogen-bond acceptors (Lipinski definition) is 7. The number of carboxylic acids is 1. The molecular formula is C22H27N3O7. The second-order valence-electron chi connectivity index (χ2n) is 8.65. The van der Waals surface area contributed by atoms with Crippen LogP contribution in [0.3, 0.4) is 0 Å². The van der Waals surface area contributed by atoms with E-state index < -0.39 is 53.2 Å². The predicted octanol–water partition coefficient (Wildman–Crippen LogP) is 1.93. The van der Waals surface area contributed by atoms with E-state index in [4.69, 9.17) is 9.47 Å². The second kappa shape index (κ2) is 8.89. The van der Waals surface area contributed by atoms with Gasteiger partial charge < -0.3 is 29.7 Å². The van der Waals surface area contributed by atoms with Gasteiger partial charge in [-0.2, -0.15) is 0 Å². The Labute approximate surface area is 185 Å². The molecule has 2 N–H and O–H groups in total. The third kappa shape index (κ3) is 4.84. The third-order valence-corrected chi connectivity index (χ3v) is 5.16. The normalized spacial score (nSPS) is 21.3. The molecule has 2 heterocycles. The molecule has 1 aromatic carbocycles. The van der Waals surface area contributed by atoms with Crippen molar-refractivity contribution in [1.82, 2.24) is 15.1 Å². The molecule has 2 aliphatic rings. The zero-order valence-electron chi connectivity index (χ0n) is 18.5. The van der Waals surface area contributed by atoms with E-state index in [2.05, 4.69) is 5.32 Å². The number of carbonyl (C=O) groups excluding carboxylic acids is 3. The van der Waals surface area contributed by atoms with Crippen molar-refractivity contribution < 1.29 is 33.8 Å². The van der Waals surface area contributed by atoms with Crippen LogP contribution in [0.15, 0.2) is 41.8 Å². The fraction of sp³-hybridized carbons (Fsp3) is 0.455. The van der Waals surface area contributed by atoms with Crippen LogP contribution in [-0.2, 0) is 19.1 Å². The highest BCUT2D eigenvalue weighted by atomic mass is 16.6. The molecule has 0 aliphatic carbocycles. The van der Waals surface area contributed by atoms with Gasteiger partial charge in [0.1, 0.15) is 11.8 Å². The van der Waals surface area contributed by atoms with Gasteiger partial charge >= 0.3 is 18.0 Å². The summed E-state index contributed by atoms with van der Waals surface area (Å²) in [6, 6.07) is 7.43. The quantitative estimate of drug-likeness (QED) is 0.674. The van der Waals surface area contributed by atoms with Crippen LogP contribution in [0.2, 0.25) is 0 Å². The van der Waals surface area contributed by atoms with Crippen molar-refractivity contribution in [3.8, 4) is 0 Å². The van der Waals surface area contributed by atoms with Gasteiger partial charge in [0.25, 0.3) is 5.91 Å². The fourth-order valence-electron chi connectivity index (χ4n) is 3.71. The molecule has 2 atom stereocenters. The van der Waals surface area contributed by atoms with Crippen molar-refractivity contribution >= 4 is 23.9 Å². The Morgan fingerprint density at radius 2 is 1.81 bits per heavy atom. The third-order valence-electron chi connectivity index (χ3n) is 5.16. The van der Waals surface area contributed by atoms with Crippen LogP contribution < -0.4 is 5.32 Å². The molecule has 3 rings (SSSR count). The van der Waals surface area contributed by atoms with Gasteiger partial charge in [0.05, 0.1) is 11.6 Å². The summed E-state index contributed by atoms with van der Waals surface area (Å²) in [7, 11) is 1.46. The summed E-state index contributed by atoms with van der Waals surface area (Å²) >= 11 is 0. The highest BCUT2D eigenvalue weighted by molar-refractivity contribution is 6.04. The Morgan fingerprint density at radius 1 is 1.16 bits per heavy atom. The van der Waals surface area contributed by atoms with E-state index in [0.717, 1.165) is 0 Å². The lowest BCUT2D eigenvalue weighted by Gasteiger charge is -2.41. The second-order valence-corrected chi connectivity index (χ2v) is 8.65. The van der Waals surface area contributed by atoms with Gasteiger partial charge in [0.2, 0.25) is 5.76 Å². The Morgan fingerprint density at radius 3 is 2.41 bits per heavy atom. The first-order valence-corrected chi connectivity index (χ1v) is 10.3. The number of likely N-dealkylation sites (tertiary alicyclic amines) is 1. The molecule has 0 spiro atoms. The lowest BCUT2D eigenvalue weighted by Crippen LogP contribution is -2.62. The largest absolute Gasteiger partial charge is 0.476 e. The number of amides is 2. The smallest absolute Gasteiger partial charge is 0.410 e. The summed E-state index contributed by atoms with van der Waals surface area (Å²) in [6.07, 6.45) is -0.153. The van der Waals surface area contributed by atoms with Crippen molar-refractivity contribution in [2.45, 2.75) is 51.4 Å². The minimum Gasteiger partial charge on any atom is -0.476 e. The lowest BCUT2D eigenvalue weighted by atomic mass is 10.1. The van der Waals surface area contributed by atoms with Crippen LogP contribution in [0.25, 0.3) is 0 Å². The SMILES string of the molecule is CN1C(=O)C(OC(=O)c2ccccc2)=C(C(=O)O)NC1C1CCCN1C(=O)OC(C)(C)C. The Balaban J connectivity index is 1.87. The van der Waals surface area contributed by atoms with Gasteiger partial charge in [-0.1, -0.05) is 18.2 Å². The van der Waals surface area contributed by atoms with Crippen molar-refractivity contribution in [2.75, 3.05) is 13.6 Å². The van der Waals surface area contributed by atoms with Gasteiger partial charge in [-0.3, -0.25) is 4.79 Å². The summed E-state index contributed by atoms with van der Waals surface area (Å²) in [6.45, 7) is 5.68. The van der Waals surface area contributed by atoms with Crippen molar-refractivity contribution in [3.63, 3.8) is 0 Å². The number of ether oxygens (including phenoxy) is 2. The molecular weight excluding hydrogens is 418 g/mol. The number of nitrogens with one attached hydrogen (secondary N) is 1. The number of carboxylic acid groups (broad SMARTS) is 1. The molecule has 0 saturated carbocycles. The monoisotopic (exact) mass is 445 g/mol. The van der Waals surface area contributed by atoms with E-state index in [-0.39, 0.29) is 5.56 Å². The highest BCUT2D eigenvalue weighted by Crippen LogP contribution is 2.28. The summed E-state index contributed by atoms with van der Waals surface area (Å²) in [4.78, 5) is 52.8. The van der Waals surface area contributed by atoms with E-state index >= 15 is 0 Å². The maximum atomic E-state index is 13.0. The number of nitrogens with zero attached hydrogens (tertiary/aromatic N) is 2. The summed E-state index contributed by atoms with van der Waals surface area (Å²) in [5.74, 6) is -3.68. The molecule has 1 fully saturated rings. The van der Waals surface area contributed by atoms with Gasteiger partial charge in [-0.25, -0.2) is 14.4 Å². The number of likely N-dealkylation sites (N-methyl/N-ethyl adjacent to an activating group) is 1. The first kappa shape index (κ1) is 23.1. The zero-order valence-corrected chi connectivity index (χ0v) is 18.5. The molecule has 2 unspecified atom stereocenters. The van der Waals surface area contributed by atoms with Gasteiger partial charge in [-0.05, 0) is 45.7 Å². The lowest BCUT2D eigenvalue weighted by molar-refractivity contribution is -0.140. The molecule has 10 nitrogen and oxygen atoms in total. The Hall–Kier alpha value is -3.56.